The van der Waals surface area contributed by atoms with Crippen molar-refractivity contribution in [2.24, 2.45) is 17.3 Å². The Bertz CT molecular complexity index is 585. The molecule has 0 aliphatic heterocycles. The first kappa shape index (κ1) is 14.1. The number of phenolic OH excluding ortho intramolecular Hbond substituents is 1. The van der Waals surface area contributed by atoms with Crippen molar-refractivity contribution < 1.29 is 10.2 Å². The van der Waals surface area contributed by atoms with Crippen LogP contribution in [0.25, 0.3) is 0 Å². The second kappa shape index (κ2) is 4.73. The fourth-order valence-corrected chi connectivity index (χ4v) is 5.91. The fraction of sp³-hybridized carbons (Fsp3) is 0.667. The quantitative estimate of drug-likeness (QED) is 0.729. The lowest BCUT2D eigenvalue weighted by molar-refractivity contribution is -0.0226. The van der Waals surface area contributed by atoms with E-state index in [2.05, 4.69) is 28.9 Å². The molecule has 2 fully saturated rings. The lowest BCUT2D eigenvalue weighted by Crippen LogP contribution is -2.43. The maximum Gasteiger partial charge on any atom is 0.130 e. The first-order valence-corrected chi connectivity index (χ1v) is 8.99. The molecule has 0 amide bonds. The molecule has 0 bridgehead atoms. The molecule has 0 radical (unpaired) electrons. The highest BCUT2D eigenvalue weighted by molar-refractivity contribution is 9.10. The molecule has 1 aromatic carbocycles. The summed E-state index contributed by atoms with van der Waals surface area (Å²) in [6, 6.07) is 4.10. The number of aliphatic hydroxyl groups excluding tert-OH is 1. The molecule has 2 saturated carbocycles. The normalized spacial score (nSPS) is 41.3. The minimum absolute atomic E-state index is 0.101. The Labute approximate surface area is 134 Å². The van der Waals surface area contributed by atoms with E-state index in [1.165, 1.54) is 30.4 Å². The van der Waals surface area contributed by atoms with E-state index >= 15 is 0 Å². The van der Waals surface area contributed by atoms with Crippen LogP contribution in [0.1, 0.15) is 56.1 Å². The summed E-state index contributed by atoms with van der Waals surface area (Å²) in [5, 5.41) is 20.3. The van der Waals surface area contributed by atoms with Crippen LogP contribution in [0, 0.1) is 17.3 Å². The van der Waals surface area contributed by atoms with Gasteiger partial charge in [-0.1, -0.05) is 6.92 Å². The van der Waals surface area contributed by atoms with E-state index in [1.807, 2.05) is 6.07 Å². The van der Waals surface area contributed by atoms with Gasteiger partial charge in [0, 0.05) is 0 Å². The van der Waals surface area contributed by atoms with E-state index in [4.69, 9.17) is 0 Å². The standard InChI is InChI=1S/C18H23BrO2/c1-18-7-6-11-12(14(18)4-5-17(18)21)3-2-10-8-16(20)15(19)9-13(10)11/h8-9,11-12,14,17,20-21H,2-7H2,1H3/t11-,12+,14-,17-,18-/m0/s1. The van der Waals surface area contributed by atoms with Gasteiger partial charge in [-0.3, -0.25) is 0 Å². The minimum Gasteiger partial charge on any atom is -0.507 e. The number of aryl methyl sites for hydroxylation is 1. The van der Waals surface area contributed by atoms with Crippen LogP contribution in [0.15, 0.2) is 16.6 Å². The Balaban J connectivity index is 1.73. The summed E-state index contributed by atoms with van der Waals surface area (Å²) in [5.74, 6) is 2.37. The summed E-state index contributed by atoms with van der Waals surface area (Å²) >= 11 is 3.48. The van der Waals surface area contributed by atoms with Crippen molar-refractivity contribution in [2.45, 2.75) is 57.5 Å². The second-order valence-corrected chi connectivity index (χ2v) is 8.41. The van der Waals surface area contributed by atoms with Crippen LogP contribution in [0.3, 0.4) is 0 Å². The topological polar surface area (TPSA) is 40.5 Å². The van der Waals surface area contributed by atoms with Gasteiger partial charge in [-0.2, -0.15) is 0 Å². The van der Waals surface area contributed by atoms with Crippen LogP contribution in [0.2, 0.25) is 0 Å². The molecule has 5 atom stereocenters. The highest BCUT2D eigenvalue weighted by Gasteiger charge is 2.54. The molecule has 3 aliphatic rings. The van der Waals surface area contributed by atoms with Crippen LogP contribution in [0.4, 0.5) is 0 Å². The Kier molecular flexibility index (Phi) is 3.17. The Hall–Kier alpha value is -0.540. The smallest absolute Gasteiger partial charge is 0.130 e. The summed E-state index contributed by atoms with van der Waals surface area (Å²) in [4.78, 5) is 0. The van der Waals surface area contributed by atoms with Crippen LogP contribution in [-0.4, -0.2) is 16.3 Å². The first-order valence-electron chi connectivity index (χ1n) is 8.20. The molecule has 21 heavy (non-hydrogen) atoms. The summed E-state index contributed by atoms with van der Waals surface area (Å²) < 4.78 is 0.821. The molecule has 0 aromatic heterocycles. The van der Waals surface area contributed by atoms with Crippen LogP contribution in [-0.2, 0) is 6.42 Å². The average molecular weight is 351 g/mol. The second-order valence-electron chi connectivity index (χ2n) is 7.56. The number of fused-ring (bicyclic) bond motifs is 5. The molecular weight excluding hydrogens is 328 g/mol. The molecule has 0 saturated heterocycles. The van der Waals surface area contributed by atoms with Gasteiger partial charge in [-0.05, 0) is 101 Å². The summed E-state index contributed by atoms with van der Waals surface area (Å²) in [7, 11) is 0. The zero-order valence-corrected chi connectivity index (χ0v) is 14.1. The molecule has 0 heterocycles. The minimum atomic E-state index is -0.101. The number of benzene rings is 1. The predicted octanol–water partition coefficient (Wildman–Crippen LogP) is 4.37. The molecule has 2 nitrogen and oxygen atoms in total. The number of aromatic hydroxyl groups is 1. The van der Waals surface area contributed by atoms with Crippen LogP contribution >= 0.6 is 15.9 Å². The number of hydrogen-bond acceptors (Lipinski definition) is 2. The third kappa shape index (κ3) is 1.93. The summed E-state index contributed by atoms with van der Waals surface area (Å²) in [5.41, 5.74) is 2.92. The van der Waals surface area contributed by atoms with Gasteiger partial charge in [-0.25, -0.2) is 0 Å². The van der Waals surface area contributed by atoms with Gasteiger partial charge in [-0.15, -0.1) is 0 Å². The SMILES string of the molecule is C[C@]12CC[C@@H]3c4cc(Br)c(O)cc4CC[C@H]3[C@@H]1CC[C@@H]2O. The van der Waals surface area contributed by atoms with Crippen molar-refractivity contribution in [2.75, 3.05) is 0 Å². The van der Waals surface area contributed by atoms with Crippen molar-refractivity contribution in [1.82, 2.24) is 0 Å². The first-order chi connectivity index (χ1) is 10.0. The Morgan fingerprint density at radius 1 is 1.19 bits per heavy atom. The zero-order chi connectivity index (χ0) is 14.8. The zero-order valence-electron chi connectivity index (χ0n) is 12.5. The molecule has 2 N–H and O–H groups in total. The highest BCUT2D eigenvalue weighted by Crippen LogP contribution is 2.61. The molecule has 0 spiro atoms. The van der Waals surface area contributed by atoms with E-state index in [0.717, 1.165) is 23.7 Å². The number of halogens is 1. The van der Waals surface area contributed by atoms with Crippen molar-refractivity contribution in [3.05, 3.63) is 27.7 Å². The number of hydrogen-bond donors (Lipinski definition) is 2. The third-order valence-electron chi connectivity index (χ3n) is 6.74. The number of aliphatic hydroxyl groups is 1. The van der Waals surface area contributed by atoms with Gasteiger partial charge < -0.3 is 10.2 Å². The Morgan fingerprint density at radius 3 is 2.81 bits per heavy atom. The average Bonchev–Trinajstić information content (AvgIpc) is 2.76. The lowest BCUT2D eigenvalue weighted by atomic mass is 9.55. The van der Waals surface area contributed by atoms with Crippen molar-refractivity contribution in [1.29, 1.82) is 0 Å². The maximum absolute atomic E-state index is 10.4. The largest absolute Gasteiger partial charge is 0.507 e. The lowest BCUT2D eigenvalue weighted by Gasteiger charge is -2.50. The van der Waals surface area contributed by atoms with Gasteiger partial charge >= 0.3 is 0 Å². The fourth-order valence-electron chi connectivity index (χ4n) is 5.55. The van der Waals surface area contributed by atoms with E-state index in [1.54, 1.807) is 0 Å². The van der Waals surface area contributed by atoms with Gasteiger partial charge in [0.1, 0.15) is 5.75 Å². The van der Waals surface area contributed by atoms with Crippen molar-refractivity contribution in [3.63, 3.8) is 0 Å². The molecule has 1 aromatic rings. The molecule has 3 aliphatic carbocycles. The van der Waals surface area contributed by atoms with Crippen LogP contribution in [0.5, 0.6) is 5.75 Å². The van der Waals surface area contributed by atoms with E-state index in [9.17, 15) is 10.2 Å². The van der Waals surface area contributed by atoms with E-state index < -0.39 is 0 Å². The van der Waals surface area contributed by atoms with E-state index in [0.29, 0.717) is 23.5 Å². The van der Waals surface area contributed by atoms with Gasteiger partial charge in [0.15, 0.2) is 0 Å². The molecule has 3 heteroatoms. The van der Waals surface area contributed by atoms with E-state index in [-0.39, 0.29) is 11.5 Å². The van der Waals surface area contributed by atoms with Crippen molar-refractivity contribution in [3.8, 4) is 5.75 Å². The van der Waals surface area contributed by atoms with Gasteiger partial charge in [0.2, 0.25) is 0 Å². The third-order valence-corrected chi connectivity index (χ3v) is 7.38. The van der Waals surface area contributed by atoms with Crippen molar-refractivity contribution >= 4 is 15.9 Å². The predicted molar refractivity (Wildman–Crippen MR) is 86.4 cm³/mol. The summed E-state index contributed by atoms with van der Waals surface area (Å²) in [6.07, 6.45) is 6.67. The Morgan fingerprint density at radius 2 is 2.00 bits per heavy atom. The molecule has 4 rings (SSSR count). The molecular formula is C18H23BrO2. The van der Waals surface area contributed by atoms with Gasteiger partial charge in [0.05, 0.1) is 10.6 Å². The molecule has 114 valence electrons. The van der Waals surface area contributed by atoms with Gasteiger partial charge in [0.25, 0.3) is 0 Å². The molecule has 0 unspecified atom stereocenters. The number of phenols is 1. The monoisotopic (exact) mass is 350 g/mol. The highest BCUT2D eigenvalue weighted by atomic mass is 79.9. The van der Waals surface area contributed by atoms with Crippen LogP contribution < -0.4 is 0 Å². The summed E-state index contributed by atoms with van der Waals surface area (Å²) in [6.45, 7) is 2.31. The maximum atomic E-state index is 10.4. The number of rotatable bonds is 0.